The molecule has 0 bridgehead atoms. The molecule has 0 amide bonds. The van der Waals surface area contributed by atoms with Gasteiger partial charge in [0.1, 0.15) is 0 Å². The average molecular weight is 557 g/mol. The molecule has 4 rings (SSSR count). The van der Waals surface area contributed by atoms with Crippen LogP contribution in [0, 0.1) is 5.41 Å². The van der Waals surface area contributed by atoms with Crippen LogP contribution in [0.2, 0.25) is 0 Å². The Balaban J connectivity index is 0.000000326. The van der Waals surface area contributed by atoms with Crippen LogP contribution in [0.15, 0.2) is 132 Å². The van der Waals surface area contributed by atoms with E-state index in [9.17, 15) is 0 Å². The van der Waals surface area contributed by atoms with Gasteiger partial charge in [0.15, 0.2) is 0 Å². The third-order valence-corrected chi connectivity index (χ3v) is 8.55. The third kappa shape index (κ3) is 11.0. The number of thiophene rings is 1. The van der Waals surface area contributed by atoms with Gasteiger partial charge in [0.2, 0.25) is 0 Å². The highest BCUT2D eigenvalue weighted by atomic mass is 32.2. The number of benzene rings is 3. The fourth-order valence-electron chi connectivity index (χ4n) is 3.61. The minimum absolute atomic E-state index is 0.109. The molecule has 206 valence electrons. The first-order valence-electron chi connectivity index (χ1n) is 12.9. The van der Waals surface area contributed by atoms with Crippen LogP contribution in [-0.2, 0) is 11.8 Å². The van der Waals surface area contributed by atoms with Crippen LogP contribution >= 0.6 is 22.0 Å². The van der Waals surface area contributed by atoms with Crippen molar-refractivity contribution < 1.29 is 0 Å². The molecular weight excluding hydrogens is 513 g/mol. The van der Waals surface area contributed by atoms with Gasteiger partial charge in [0.25, 0.3) is 0 Å². The Morgan fingerprint density at radius 3 is 1.64 bits per heavy atom. The van der Waals surface area contributed by atoms with Crippen molar-refractivity contribution in [1.29, 1.82) is 5.41 Å². The summed E-state index contributed by atoms with van der Waals surface area (Å²) in [5.74, 6) is 4.15. The second-order valence-electron chi connectivity index (χ2n) is 9.11. The zero-order chi connectivity index (χ0) is 29.3. The van der Waals surface area contributed by atoms with Gasteiger partial charge in [-0.1, -0.05) is 114 Å². The van der Waals surface area contributed by atoms with Crippen molar-refractivity contribution in [2.45, 2.75) is 50.7 Å². The van der Waals surface area contributed by atoms with E-state index in [1.165, 1.54) is 20.9 Å². The van der Waals surface area contributed by atoms with Gasteiger partial charge in [-0.15, -0.1) is 24.5 Å². The lowest BCUT2D eigenvalue weighted by Crippen LogP contribution is -2.24. The zero-order valence-electron chi connectivity index (χ0n) is 24.2. The quantitative estimate of drug-likeness (QED) is 0.133. The van der Waals surface area contributed by atoms with E-state index < -0.39 is 0 Å². The molecule has 4 heteroatoms. The van der Waals surface area contributed by atoms with Gasteiger partial charge < -0.3 is 10.1 Å². The van der Waals surface area contributed by atoms with Gasteiger partial charge in [0.05, 0.1) is 4.21 Å². The van der Waals surface area contributed by atoms with E-state index in [1.54, 1.807) is 25.2 Å². The molecule has 2 nitrogen and oxygen atoms in total. The van der Waals surface area contributed by atoms with Crippen molar-refractivity contribution in [2.24, 2.45) is 0 Å². The molecule has 1 unspecified atom stereocenters. The fourth-order valence-corrected chi connectivity index (χ4v) is 5.58. The summed E-state index contributed by atoms with van der Waals surface area (Å²) in [5.41, 5.74) is 6.81. The first-order chi connectivity index (χ1) is 18.7. The highest BCUT2D eigenvalue weighted by Gasteiger charge is 2.29. The molecule has 2 N–H and O–H groups in total. The fraction of sp³-hybridized carbons (Fsp3) is 0.200. The summed E-state index contributed by atoms with van der Waals surface area (Å²) in [5, 5.41) is 8.59. The van der Waals surface area contributed by atoms with Crippen LogP contribution in [0.4, 0.5) is 5.69 Å². The number of hydrogen-bond donors (Lipinski definition) is 2. The molecule has 0 saturated carbocycles. The van der Waals surface area contributed by atoms with Crippen LogP contribution in [-0.4, -0.2) is 11.6 Å². The van der Waals surface area contributed by atoms with E-state index in [2.05, 4.69) is 141 Å². The lowest BCUT2D eigenvalue weighted by Gasteiger charge is -2.31. The monoisotopic (exact) mass is 556 g/mol. The molecule has 4 aromatic rings. The number of anilines is 1. The Bertz CT molecular complexity index is 1220. The topological polar surface area (TPSA) is 35.9 Å². The molecule has 1 heterocycles. The maximum absolute atomic E-state index is 6.50. The number of nitrogens with one attached hydrogen (secondary N) is 2. The summed E-state index contributed by atoms with van der Waals surface area (Å²) in [7, 11) is -0.143. The Labute approximate surface area is 243 Å². The van der Waals surface area contributed by atoms with Crippen molar-refractivity contribution in [3.05, 3.63) is 144 Å². The normalized spacial score (nSPS) is 10.7. The lowest BCUT2D eigenvalue weighted by atomic mass is 9.72. The van der Waals surface area contributed by atoms with Crippen molar-refractivity contribution in [1.82, 2.24) is 0 Å². The van der Waals surface area contributed by atoms with Crippen LogP contribution in [0.3, 0.4) is 0 Å². The van der Waals surface area contributed by atoms with E-state index in [-0.39, 0.29) is 16.1 Å². The minimum Gasteiger partial charge on any atom is -0.331 e. The number of hydrogen-bond acceptors (Lipinski definition) is 3. The van der Waals surface area contributed by atoms with Crippen molar-refractivity contribution in [3.8, 4) is 0 Å². The molecule has 0 aliphatic rings. The molecule has 0 fully saturated rings. The van der Waals surface area contributed by atoms with Gasteiger partial charge in [0, 0.05) is 16.8 Å². The maximum Gasteiger partial charge on any atom is 0.0726 e. The standard InChI is InChI=1S/C17H18.C13H15NS2.C3H7N.C2H4/c1-14(2)17(3,15-10-6-4-7-11-15)16-12-8-5-9-13-16;1-3-11-6-8-12(9-7-11)14-16(2)13-5-4-10-15-13;1-3(2)4;1-2/h4-13H,1H2,2-3H3;4-10,14H,2-3H2,1H3;4H,1-2H3;1-2H2. The summed E-state index contributed by atoms with van der Waals surface area (Å²) in [4.78, 5) is 0. The van der Waals surface area contributed by atoms with Gasteiger partial charge in [-0.3, -0.25) is 0 Å². The Hall–Kier alpha value is -3.47. The average Bonchev–Trinajstić information content (AvgIpc) is 3.51. The summed E-state index contributed by atoms with van der Waals surface area (Å²) < 4.78 is 4.71. The zero-order valence-corrected chi connectivity index (χ0v) is 25.8. The third-order valence-electron chi connectivity index (χ3n) is 5.90. The molecular formula is C35H44N2S2. The van der Waals surface area contributed by atoms with Crippen LogP contribution in [0.5, 0.6) is 0 Å². The van der Waals surface area contributed by atoms with E-state index in [0.29, 0.717) is 5.71 Å². The second kappa shape index (κ2) is 17.9. The molecule has 39 heavy (non-hydrogen) atoms. The van der Waals surface area contributed by atoms with Crippen molar-refractivity contribution in [2.75, 3.05) is 4.72 Å². The highest BCUT2D eigenvalue weighted by molar-refractivity contribution is 8.16. The molecule has 1 aromatic heterocycles. The van der Waals surface area contributed by atoms with E-state index in [4.69, 9.17) is 5.41 Å². The van der Waals surface area contributed by atoms with E-state index >= 15 is 0 Å². The summed E-state index contributed by atoms with van der Waals surface area (Å²) >= 11 is 1.75. The number of aryl methyl sites for hydroxylation is 1. The summed E-state index contributed by atoms with van der Waals surface area (Å²) in [6.07, 6.45) is 1.08. The highest BCUT2D eigenvalue weighted by Crippen LogP contribution is 2.37. The number of rotatable bonds is 7. The minimum atomic E-state index is -0.143. The smallest absolute Gasteiger partial charge is 0.0726 e. The first-order valence-corrected chi connectivity index (χ1v) is 15.2. The predicted octanol–water partition coefficient (Wildman–Crippen LogP) is 10.8. The first kappa shape index (κ1) is 33.6. The summed E-state index contributed by atoms with van der Waals surface area (Å²) in [6.45, 7) is 20.2. The van der Waals surface area contributed by atoms with E-state index in [1.807, 2.05) is 12.1 Å². The lowest BCUT2D eigenvalue weighted by molar-refractivity contribution is 0.676. The molecule has 0 saturated heterocycles. The Kier molecular flexibility index (Phi) is 15.4. The molecule has 1 atom stereocenters. The molecule has 3 aromatic carbocycles. The van der Waals surface area contributed by atoms with Crippen LogP contribution in [0.1, 0.15) is 51.3 Å². The molecule has 0 aliphatic heterocycles. The van der Waals surface area contributed by atoms with Gasteiger partial charge in [-0.2, -0.15) is 0 Å². The van der Waals surface area contributed by atoms with Gasteiger partial charge >= 0.3 is 0 Å². The second-order valence-corrected chi connectivity index (χ2v) is 11.7. The SMILES string of the molecule is C=C.C=C(C)C(C)(c1ccccc1)c1ccccc1.C=S(Nc1ccc(CC)cc1)c1cccs1.CC(C)=N. The Morgan fingerprint density at radius 2 is 1.28 bits per heavy atom. The predicted molar refractivity (Wildman–Crippen MR) is 181 cm³/mol. The van der Waals surface area contributed by atoms with E-state index in [0.717, 1.165) is 17.7 Å². The number of allylic oxidation sites excluding steroid dienone is 1. The molecule has 0 spiro atoms. The van der Waals surface area contributed by atoms with Crippen molar-refractivity contribution >= 4 is 39.3 Å². The van der Waals surface area contributed by atoms with Crippen molar-refractivity contribution in [3.63, 3.8) is 0 Å². The summed E-state index contributed by atoms with van der Waals surface area (Å²) in [6, 6.07) is 33.9. The van der Waals surface area contributed by atoms with Gasteiger partial charge in [-0.25, -0.2) is 0 Å². The maximum atomic E-state index is 6.50. The largest absolute Gasteiger partial charge is 0.331 e. The molecule has 0 aliphatic carbocycles. The Morgan fingerprint density at radius 1 is 0.821 bits per heavy atom. The van der Waals surface area contributed by atoms with Gasteiger partial charge in [-0.05, 0) is 74.4 Å². The van der Waals surface area contributed by atoms with Crippen LogP contribution in [0.25, 0.3) is 0 Å². The molecule has 0 radical (unpaired) electrons. The van der Waals surface area contributed by atoms with Crippen LogP contribution < -0.4 is 4.72 Å².